The Balaban J connectivity index is 1.00. The van der Waals surface area contributed by atoms with Crippen LogP contribution in [-0.4, -0.2) is 191 Å². The summed E-state index contributed by atoms with van der Waals surface area (Å²) in [5.41, 5.74) is -4.55. The van der Waals surface area contributed by atoms with Crippen LogP contribution in [-0.2, 0) is 42.7 Å². The molecule has 376 valence electrons. The third-order valence-electron chi connectivity index (χ3n) is 18.2. The summed E-state index contributed by atoms with van der Waals surface area (Å²) in [6.45, 7) is 15.5. The quantitative estimate of drug-likeness (QED) is 0.126. The fourth-order valence-corrected chi connectivity index (χ4v) is 14.1. The first-order valence-electron chi connectivity index (χ1n) is 23.7. The summed E-state index contributed by atoms with van der Waals surface area (Å²) in [5.74, 6) is -1.17. The van der Waals surface area contributed by atoms with Gasteiger partial charge in [-0.1, -0.05) is 46.3 Å². The Bertz CT molecular complexity index is 1870. The summed E-state index contributed by atoms with van der Waals surface area (Å²) in [6, 6.07) is 0. The highest BCUT2D eigenvalue weighted by molar-refractivity contribution is 5.91. The van der Waals surface area contributed by atoms with E-state index in [2.05, 4.69) is 19.9 Å². The van der Waals surface area contributed by atoms with Crippen molar-refractivity contribution in [1.82, 2.24) is 0 Å². The summed E-state index contributed by atoms with van der Waals surface area (Å²) >= 11 is 0. The fourth-order valence-electron chi connectivity index (χ4n) is 14.1. The van der Waals surface area contributed by atoms with Crippen LogP contribution in [0.15, 0.2) is 11.6 Å². The van der Waals surface area contributed by atoms with Crippen molar-refractivity contribution in [2.45, 2.75) is 216 Å². The van der Waals surface area contributed by atoms with Gasteiger partial charge in [0.25, 0.3) is 0 Å². The monoisotopic (exact) mass is 942 g/mol. The number of fused-ring (bicyclic) bond motifs is 5. The molecular formula is C47H74O19. The van der Waals surface area contributed by atoms with Crippen LogP contribution in [0.25, 0.3) is 0 Å². The van der Waals surface area contributed by atoms with Crippen LogP contribution >= 0.6 is 0 Å². The number of carbonyl (C=O) groups is 2. The highest BCUT2D eigenvalue weighted by Gasteiger charge is 2.76. The van der Waals surface area contributed by atoms with E-state index >= 15 is 4.79 Å². The number of ketones is 2. The van der Waals surface area contributed by atoms with Gasteiger partial charge >= 0.3 is 0 Å². The van der Waals surface area contributed by atoms with Gasteiger partial charge in [0, 0.05) is 29.6 Å². The minimum Gasteiger partial charge on any atom is -0.394 e. The second-order valence-corrected chi connectivity index (χ2v) is 22.7. The Morgan fingerprint density at radius 1 is 0.742 bits per heavy atom. The van der Waals surface area contributed by atoms with Crippen molar-refractivity contribution in [2.75, 3.05) is 13.2 Å². The van der Waals surface area contributed by atoms with Crippen molar-refractivity contribution in [3.05, 3.63) is 11.6 Å². The number of carbonyl (C=O) groups excluding carboxylic acids is 2. The Hall–Kier alpha value is -1.60. The molecule has 19 nitrogen and oxygen atoms in total. The first-order chi connectivity index (χ1) is 30.6. The molecule has 0 spiro atoms. The molecule has 3 saturated carbocycles. The number of ether oxygens (including phenoxy) is 7. The molecule has 4 saturated heterocycles. The predicted octanol–water partition coefficient (Wildman–Crippen LogP) is -0.871. The molecular weight excluding hydrogens is 868 g/mol. The van der Waals surface area contributed by atoms with E-state index in [1.165, 1.54) is 6.92 Å². The van der Waals surface area contributed by atoms with Gasteiger partial charge in [0.15, 0.2) is 24.7 Å². The van der Waals surface area contributed by atoms with Gasteiger partial charge in [0.2, 0.25) is 0 Å². The zero-order chi connectivity index (χ0) is 48.6. The smallest absolute Gasteiger partial charge is 0.187 e. The molecule has 4 aliphatic carbocycles. The molecule has 0 bridgehead atoms. The summed E-state index contributed by atoms with van der Waals surface area (Å²) in [6.07, 6.45) is -19.9. The predicted molar refractivity (Wildman–Crippen MR) is 226 cm³/mol. The number of hydrogen-bond acceptors (Lipinski definition) is 19. The summed E-state index contributed by atoms with van der Waals surface area (Å²) < 4.78 is 42.2. The van der Waals surface area contributed by atoms with Crippen LogP contribution in [0.2, 0.25) is 0 Å². The highest BCUT2D eigenvalue weighted by Crippen LogP contribution is 2.75. The molecule has 66 heavy (non-hydrogen) atoms. The first kappa shape index (κ1) is 50.8. The van der Waals surface area contributed by atoms with Gasteiger partial charge in [-0.3, -0.25) is 9.59 Å². The first-order valence-corrected chi connectivity index (χ1v) is 23.7. The van der Waals surface area contributed by atoms with Crippen molar-refractivity contribution in [2.24, 2.45) is 39.4 Å². The Labute approximate surface area is 385 Å². The average molecular weight is 943 g/mol. The lowest BCUT2D eigenvalue weighted by atomic mass is 9.38. The molecule has 0 radical (unpaired) electrons. The van der Waals surface area contributed by atoms with E-state index in [4.69, 9.17) is 33.2 Å². The highest BCUT2D eigenvalue weighted by atomic mass is 16.8. The molecule has 19 heteroatoms. The standard InChI is InChI=1S/C47H74O19/c1-19-30(53)32(55)34(57)40(61-19)65-37-33(56)31(54)24(17-48)62-41(37)64-36-23(50)18-60-39(35(36)58)63-28-13-11-21-20(42(28,2)3)10-12-25-44(6)15-22(49)38(45(44,7)16-27(52)46(21,25)8)47(9)26(51)14-29(66-47)43(4,5)59/h10,19,21-25,28-41,48-50,53-59H,11-18H2,1-9H3/t19-,21-,22+,23+,24+,25-,28+,29?,30-,31+,32+,33-,34+,35+,36-,37+,38-,39-,40-,41-,44-,45+,46-,47-/m0/s1. The number of rotatable bonds is 9. The third kappa shape index (κ3) is 7.65. The Kier molecular flexibility index (Phi) is 13.3. The molecule has 0 aromatic carbocycles. The maximum Gasteiger partial charge on any atom is 0.187 e. The SMILES string of the molecule is C[C@@H]1O[C@@H](O[C@H]2[C@H](O[C@@H]3[C@@H](O)[C@H](O[C@@H]4CC[C@H]5C(=CC[C@@H]6[C@@]5(C)C(=O)C[C@]5(C)[C@@H]([C@@]7(C)OC(C(C)(C)O)CC7=O)[C@H](O)C[C@@]65C)C4(C)C)OC[C@H]3O)O[C@H](CO)[C@@H](O)[C@@H]2O)[C@H](O)[C@H](O)[C@H]1O. The molecule has 0 aromatic rings. The molecule has 24 atom stereocenters. The lowest BCUT2D eigenvalue weighted by Crippen LogP contribution is -2.66. The van der Waals surface area contributed by atoms with Crippen LogP contribution < -0.4 is 0 Å². The fraction of sp³-hybridized carbons (Fsp3) is 0.915. The van der Waals surface area contributed by atoms with Gasteiger partial charge in [0.05, 0.1) is 43.2 Å². The number of hydrogen-bond donors (Lipinski definition) is 10. The molecule has 0 aromatic heterocycles. The van der Waals surface area contributed by atoms with Gasteiger partial charge in [-0.05, 0) is 76.0 Å². The zero-order valence-electron chi connectivity index (χ0n) is 39.4. The van der Waals surface area contributed by atoms with Gasteiger partial charge in [0.1, 0.15) is 72.4 Å². The summed E-state index contributed by atoms with van der Waals surface area (Å²) in [5, 5.41) is 109. The van der Waals surface area contributed by atoms with E-state index in [-0.39, 0.29) is 42.9 Å². The lowest BCUT2D eigenvalue weighted by molar-refractivity contribution is -0.384. The molecule has 8 aliphatic rings. The largest absolute Gasteiger partial charge is 0.394 e. The van der Waals surface area contributed by atoms with Crippen molar-refractivity contribution < 1.29 is 93.8 Å². The minimum atomic E-state index is -1.83. The van der Waals surface area contributed by atoms with Crippen molar-refractivity contribution in [3.8, 4) is 0 Å². The topological polar surface area (TPSA) is 301 Å². The molecule has 8 rings (SSSR count). The molecule has 10 N–H and O–H groups in total. The van der Waals surface area contributed by atoms with Crippen LogP contribution in [0.4, 0.5) is 0 Å². The van der Waals surface area contributed by atoms with Crippen molar-refractivity contribution in [1.29, 1.82) is 0 Å². The number of aliphatic hydroxyl groups is 10. The van der Waals surface area contributed by atoms with E-state index < -0.39 is 150 Å². The van der Waals surface area contributed by atoms with Crippen molar-refractivity contribution >= 4 is 11.6 Å². The zero-order valence-corrected chi connectivity index (χ0v) is 39.4. The third-order valence-corrected chi connectivity index (χ3v) is 18.2. The molecule has 0 amide bonds. The summed E-state index contributed by atoms with van der Waals surface area (Å²) in [7, 11) is 0. The minimum absolute atomic E-state index is 0.0141. The lowest BCUT2D eigenvalue weighted by Gasteiger charge is -2.65. The second kappa shape index (κ2) is 17.3. The summed E-state index contributed by atoms with van der Waals surface area (Å²) in [4.78, 5) is 28.8. The second-order valence-electron chi connectivity index (χ2n) is 22.7. The van der Waals surface area contributed by atoms with E-state index in [0.717, 1.165) is 5.57 Å². The molecule has 4 heterocycles. The normalized spacial score (nSPS) is 54.1. The van der Waals surface area contributed by atoms with E-state index in [1.807, 2.05) is 20.8 Å². The van der Waals surface area contributed by atoms with Crippen LogP contribution in [0.5, 0.6) is 0 Å². The van der Waals surface area contributed by atoms with Gasteiger partial charge in [-0.2, -0.15) is 0 Å². The Morgan fingerprint density at radius 3 is 2.05 bits per heavy atom. The maximum absolute atomic E-state index is 15.0. The van der Waals surface area contributed by atoms with Crippen LogP contribution in [0.3, 0.4) is 0 Å². The number of Topliss-reactive ketones (excluding diaryl/α,β-unsaturated/α-hetero) is 2. The van der Waals surface area contributed by atoms with Gasteiger partial charge in [-0.25, -0.2) is 0 Å². The van der Waals surface area contributed by atoms with Gasteiger partial charge in [-0.15, -0.1) is 0 Å². The maximum atomic E-state index is 15.0. The van der Waals surface area contributed by atoms with Crippen molar-refractivity contribution in [3.63, 3.8) is 0 Å². The number of aliphatic hydroxyl groups excluding tert-OH is 9. The molecule has 7 fully saturated rings. The Morgan fingerprint density at radius 2 is 1.41 bits per heavy atom. The van der Waals surface area contributed by atoms with Crippen LogP contribution in [0, 0.1) is 39.4 Å². The van der Waals surface area contributed by atoms with Crippen LogP contribution in [0.1, 0.15) is 101 Å². The number of allylic oxidation sites excluding steroid dienone is 1. The van der Waals surface area contributed by atoms with E-state index in [0.29, 0.717) is 25.7 Å². The van der Waals surface area contributed by atoms with E-state index in [9.17, 15) is 55.9 Å². The molecule has 1 unspecified atom stereocenters. The molecule has 4 aliphatic heterocycles. The average Bonchev–Trinajstić information content (AvgIpc) is 3.66. The van der Waals surface area contributed by atoms with E-state index in [1.54, 1.807) is 20.8 Å². The van der Waals surface area contributed by atoms with Gasteiger partial charge < -0.3 is 84.2 Å².